The number of piperidine rings is 1. The summed E-state index contributed by atoms with van der Waals surface area (Å²) in [7, 11) is 0. The van der Waals surface area contributed by atoms with Gasteiger partial charge in [0.1, 0.15) is 11.5 Å². The Balaban J connectivity index is 1.50. The first-order chi connectivity index (χ1) is 11.6. The minimum Gasteiger partial charge on any atom is -0.465 e. The highest BCUT2D eigenvalue weighted by Crippen LogP contribution is 2.19. The van der Waals surface area contributed by atoms with Gasteiger partial charge in [-0.25, -0.2) is 0 Å². The van der Waals surface area contributed by atoms with E-state index in [1.807, 2.05) is 24.0 Å². The van der Waals surface area contributed by atoms with Gasteiger partial charge in [-0.15, -0.1) is 0 Å². The number of carbonyl (C=O) groups is 1. The van der Waals surface area contributed by atoms with E-state index in [2.05, 4.69) is 17.1 Å². The largest absolute Gasteiger partial charge is 0.465 e. The molecule has 0 radical (unpaired) electrons. The van der Waals surface area contributed by atoms with Gasteiger partial charge in [-0.05, 0) is 38.8 Å². The Hall–Kier alpha value is -1.37. The molecule has 1 aromatic heterocycles. The van der Waals surface area contributed by atoms with Gasteiger partial charge in [0.05, 0.1) is 25.3 Å². The fourth-order valence-electron chi connectivity index (χ4n) is 3.47. The number of hydrogen-bond acceptors (Lipinski definition) is 5. The fraction of sp³-hybridized carbons (Fsp3) is 0.722. The highest BCUT2D eigenvalue weighted by molar-refractivity contribution is 5.82. The Bertz CT molecular complexity index is 539. The molecular weight excluding hydrogens is 306 g/mol. The van der Waals surface area contributed by atoms with Gasteiger partial charge in [0, 0.05) is 32.7 Å². The van der Waals surface area contributed by atoms with Crippen LogP contribution in [0.2, 0.25) is 0 Å². The van der Waals surface area contributed by atoms with Crippen LogP contribution >= 0.6 is 0 Å². The van der Waals surface area contributed by atoms with Crippen molar-refractivity contribution in [2.75, 3.05) is 45.9 Å². The molecule has 3 rings (SSSR count). The molecule has 6 heteroatoms. The molecule has 2 fully saturated rings. The number of morpholine rings is 1. The minimum absolute atomic E-state index is 0.0480. The second-order valence-electron chi connectivity index (χ2n) is 6.81. The second kappa shape index (κ2) is 8.14. The van der Waals surface area contributed by atoms with Gasteiger partial charge in [-0.2, -0.15) is 0 Å². The van der Waals surface area contributed by atoms with Crippen LogP contribution < -0.4 is 5.32 Å². The van der Waals surface area contributed by atoms with Crippen LogP contribution in [-0.2, 0) is 9.53 Å². The monoisotopic (exact) mass is 335 g/mol. The zero-order chi connectivity index (χ0) is 16.9. The van der Waals surface area contributed by atoms with Crippen molar-refractivity contribution in [3.05, 3.63) is 23.7 Å². The number of carbonyl (C=O) groups excluding carboxylic acids is 1. The van der Waals surface area contributed by atoms with Crippen molar-refractivity contribution in [3.63, 3.8) is 0 Å². The van der Waals surface area contributed by atoms with Gasteiger partial charge >= 0.3 is 0 Å². The summed E-state index contributed by atoms with van der Waals surface area (Å²) >= 11 is 0. The van der Waals surface area contributed by atoms with Gasteiger partial charge in [-0.3, -0.25) is 15.0 Å². The maximum absolute atomic E-state index is 12.8. The van der Waals surface area contributed by atoms with Crippen LogP contribution in [0.3, 0.4) is 0 Å². The Morgan fingerprint density at radius 1 is 1.25 bits per heavy atom. The Morgan fingerprint density at radius 2 is 2.04 bits per heavy atom. The number of rotatable bonds is 6. The van der Waals surface area contributed by atoms with Crippen molar-refractivity contribution in [2.45, 2.75) is 38.8 Å². The van der Waals surface area contributed by atoms with Gasteiger partial charge in [0.25, 0.3) is 0 Å². The van der Waals surface area contributed by atoms with E-state index in [9.17, 15) is 4.79 Å². The van der Waals surface area contributed by atoms with Gasteiger partial charge < -0.3 is 14.1 Å². The van der Waals surface area contributed by atoms with Crippen molar-refractivity contribution < 1.29 is 13.9 Å². The number of nitrogens with one attached hydrogen (secondary N) is 1. The van der Waals surface area contributed by atoms with Crippen LogP contribution in [-0.4, -0.2) is 67.7 Å². The summed E-state index contributed by atoms with van der Waals surface area (Å²) in [6.07, 6.45) is 1.95. The van der Waals surface area contributed by atoms with E-state index >= 15 is 0 Å². The van der Waals surface area contributed by atoms with Crippen molar-refractivity contribution in [1.82, 2.24) is 15.1 Å². The number of ether oxygens (including phenoxy) is 1. The lowest BCUT2D eigenvalue weighted by Gasteiger charge is -2.36. The molecule has 0 saturated carbocycles. The maximum atomic E-state index is 12.8. The quantitative estimate of drug-likeness (QED) is 0.855. The van der Waals surface area contributed by atoms with Crippen LogP contribution in [0.25, 0.3) is 0 Å². The molecule has 24 heavy (non-hydrogen) atoms. The zero-order valence-electron chi connectivity index (χ0n) is 14.8. The van der Waals surface area contributed by atoms with Crippen molar-refractivity contribution in [2.24, 2.45) is 0 Å². The topological polar surface area (TPSA) is 58.0 Å². The van der Waals surface area contributed by atoms with Gasteiger partial charge in [0.2, 0.25) is 5.91 Å². The Labute approximate surface area is 144 Å². The van der Waals surface area contributed by atoms with Gasteiger partial charge in [0.15, 0.2) is 0 Å². The fourth-order valence-corrected chi connectivity index (χ4v) is 3.47. The molecule has 0 aromatic carbocycles. The smallest absolute Gasteiger partial charge is 0.239 e. The lowest BCUT2D eigenvalue weighted by molar-refractivity contribution is -0.136. The SMILES string of the molecule is Cc1ccc(C(C)NC2CCCN(CCN3CCOCC3)C2=O)o1. The molecule has 1 aromatic rings. The van der Waals surface area contributed by atoms with Crippen LogP contribution in [0.1, 0.15) is 37.3 Å². The third-order valence-electron chi connectivity index (χ3n) is 4.96. The average Bonchev–Trinajstić information content (AvgIpc) is 3.03. The van der Waals surface area contributed by atoms with Crippen LogP contribution in [0, 0.1) is 6.92 Å². The van der Waals surface area contributed by atoms with Crippen LogP contribution in [0.4, 0.5) is 0 Å². The molecular formula is C18H29N3O3. The number of nitrogens with zero attached hydrogens (tertiary/aromatic N) is 2. The minimum atomic E-state index is -0.108. The van der Waals surface area contributed by atoms with E-state index in [1.165, 1.54) is 0 Å². The summed E-state index contributed by atoms with van der Waals surface area (Å²) in [4.78, 5) is 17.1. The molecule has 0 aliphatic carbocycles. The first-order valence-electron chi connectivity index (χ1n) is 9.05. The number of amides is 1. The summed E-state index contributed by atoms with van der Waals surface area (Å²) in [5, 5.41) is 3.45. The molecule has 1 amide bonds. The lowest BCUT2D eigenvalue weighted by Crippen LogP contribution is -2.53. The molecule has 1 N–H and O–H groups in total. The summed E-state index contributed by atoms with van der Waals surface area (Å²) < 4.78 is 11.0. The van der Waals surface area contributed by atoms with E-state index in [4.69, 9.17) is 9.15 Å². The van der Waals surface area contributed by atoms with E-state index in [-0.39, 0.29) is 18.0 Å². The summed E-state index contributed by atoms with van der Waals surface area (Å²) in [5.41, 5.74) is 0. The molecule has 2 atom stereocenters. The number of aryl methyl sites for hydroxylation is 1. The normalized spacial score (nSPS) is 24.3. The van der Waals surface area contributed by atoms with E-state index in [0.717, 1.165) is 70.3 Å². The molecule has 134 valence electrons. The standard InChI is InChI=1S/C18H29N3O3/c1-14-5-6-17(24-14)15(2)19-16-4-3-7-21(18(16)22)9-8-20-10-12-23-13-11-20/h5-6,15-16,19H,3-4,7-13H2,1-2H3. The second-order valence-corrected chi connectivity index (χ2v) is 6.81. The van der Waals surface area contributed by atoms with Crippen molar-refractivity contribution >= 4 is 5.91 Å². The predicted molar refractivity (Wildman–Crippen MR) is 91.9 cm³/mol. The van der Waals surface area contributed by atoms with Crippen molar-refractivity contribution in [1.29, 1.82) is 0 Å². The molecule has 6 nitrogen and oxygen atoms in total. The molecule has 2 saturated heterocycles. The highest BCUT2D eigenvalue weighted by atomic mass is 16.5. The molecule has 0 spiro atoms. The maximum Gasteiger partial charge on any atom is 0.239 e. The number of furan rings is 1. The molecule has 2 aliphatic heterocycles. The highest BCUT2D eigenvalue weighted by Gasteiger charge is 2.30. The third kappa shape index (κ3) is 4.37. The number of likely N-dealkylation sites (tertiary alicyclic amines) is 1. The lowest BCUT2D eigenvalue weighted by atomic mass is 10.0. The first-order valence-corrected chi connectivity index (χ1v) is 9.05. The molecule has 0 bridgehead atoms. The summed E-state index contributed by atoms with van der Waals surface area (Å²) in [6.45, 7) is 10.2. The van der Waals surface area contributed by atoms with E-state index in [1.54, 1.807) is 0 Å². The summed E-state index contributed by atoms with van der Waals surface area (Å²) in [5.74, 6) is 2.02. The van der Waals surface area contributed by atoms with E-state index in [0.29, 0.717) is 0 Å². The van der Waals surface area contributed by atoms with Crippen molar-refractivity contribution in [3.8, 4) is 0 Å². The zero-order valence-corrected chi connectivity index (χ0v) is 14.8. The number of hydrogen-bond donors (Lipinski definition) is 1. The van der Waals surface area contributed by atoms with Crippen LogP contribution in [0.15, 0.2) is 16.5 Å². The molecule has 2 aliphatic rings. The Morgan fingerprint density at radius 3 is 2.75 bits per heavy atom. The molecule has 2 unspecified atom stereocenters. The third-order valence-corrected chi connectivity index (χ3v) is 4.96. The van der Waals surface area contributed by atoms with Gasteiger partial charge in [-0.1, -0.05) is 0 Å². The molecule has 3 heterocycles. The predicted octanol–water partition coefficient (Wildman–Crippen LogP) is 1.56. The van der Waals surface area contributed by atoms with Crippen LogP contribution in [0.5, 0.6) is 0 Å². The Kier molecular flexibility index (Phi) is 5.92. The summed E-state index contributed by atoms with van der Waals surface area (Å²) in [6, 6.07) is 3.89. The first kappa shape index (κ1) is 17.5. The average molecular weight is 335 g/mol. The van der Waals surface area contributed by atoms with E-state index < -0.39 is 0 Å².